The van der Waals surface area contributed by atoms with E-state index in [0.29, 0.717) is 16.5 Å². The summed E-state index contributed by atoms with van der Waals surface area (Å²) in [4.78, 5) is 10.7. The predicted octanol–water partition coefficient (Wildman–Crippen LogP) is 3.48. The topological polar surface area (TPSA) is 96.4 Å². The first-order chi connectivity index (χ1) is 9.88. The van der Waals surface area contributed by atoms with Gasteiger partial charge in [0.05, 0.1) is 23.7 Å². The molecule has 1 N–H and O–H groups in total. The van der Waals surface area contributed by atoms with E-state index in [4.69, 9.17) is 10.00 Å². The number of nitrogens with zero attached hydrogens (tertiary/aromatic N) is 2. The lowest BCUT2D eigenvalue weighted by molar-refractivity contribution is -0.386. The molecular formula is C14H15BrN2O4. The molecule has 1 atom stereocenters. The summed E-state index contributed by atoms with van der Waals surface area (Å²) in [6.07, 6.45) is 1.26. The highest BCUT2D eigenvalue weighted by Crippen LogP contribution is 2.49. The number of nitro groups is 1. The minimum absolute atomic E-state index is 0.0856. The number of hydrogen-bond donors (Lipinski definition) is 1. The molecule has 0 heterocycles. The van der Waals surface area contributed by atoms with E-state index in [1.165, 1.54) is 13.0 Å². The van der Waals surface area contributed by atoms with Crippen LogP contribution in [0.5, 0.6) is 5.75 Å². The monoisotopic (exact) mass is 354 g/mol. The second kappa shape index (κ2) is 6.00. The molecular weight excluding hydrogens is 340 g/mol. The molecule has 1 aromatic rings. The van der Waals surface area contributed by atoms with Crippen molar-refractivity contribution in [3.8, 4) is 11.8 Å². The molecule has 1 unspecified atom stereocenters. The van der Waals surface area contributed by atoms with Crippen LogP contribution >= 0.6 is 15.9 Å². The number of nitro benzene ring substituents is 1. The largest absolute Gasteiger partial charge is 0.486 e. The maximum Gasteiger partial charge on any atom is 0.312 e. The number of aliphatic hydroxyl groups is 1. The number of rotatable bonds is 6. The van der Waals surface area contributed by atoms with Crippen molar-refractivity contribution in [2.24, 2.45) is 5.41 Å². The van der Waals surface area contributed by atoms with Crippen LogP contribution in [0.2, 0.25) is 0 Å². The molecule has 0 aliphatic heterocycles. The quantitative estimate of drug-likeness (QED) is 0.622. The zero-order valence-corrected chi connectivity index (χ0v) is 13.1. The van der Waals surface area contributed by atoms with Crippen LogP contribution in [-0.2, 0) is 0 Å². The predicted molar refractivity (Wildman–Crippen MR) is 78.8 cm³/mol. The van der Waals surface area contributed by atoms with E-state index in [2.05, 4.69) is 22.0 Å². The minimum atomic E-state index is -0.887. The number of halogens is 1. The molecule has 0 radical (unpaired) electrons. The van der Waals surface area contributed by atoms with Gasteiger partial charge < -0.3 is 9.84 Å². The number of benzene rings is 1. The first-order valence-electron chi connectivity index (χ1n) is 6.54. The third-order valence-electron chi connectivity index (χ3n) is 3.64. The lowest BCUT2D eigenvalue weighted by Crippen LogP contribution is -2.14. The van der Waals surface area contributed by atoms with Gasteiger partial charge in [-0.15, -0.1) is 0 Å². The van der Waals surface area contributed by atoms with Crippen LogP contribution in [0.1, 0.15) is 37.9 Å². The Bertz CT molecular complexity index is 606. The molecule has 0 saturated heterocycles. The van der Waals surface area contributed by atoms with Crippen molar-refractivity contribution in [2.45, 2.75) is 32.3 Å². The van der Waals surface area contributed by atoms with Gasteiger partial charge in [0.25, 0.3) is 0 Å². The van der Waals surface area contributed by atoms with Crippen molar-refractivity contribution in [2.75, 3.05) is 6.61 Å². The zero-order valence-electron chi connectivity index (χ0n) is 11.5. The Labute approximate surface area is 130 Å². The van der Waals surface area contributed by atoms with E-state index in [1.54, 1.807) is 6.07 Å². The van der Waals surface area contributed by atoms with E-state index < -0.39 is 11.0 Å². The fraction of sp³-hybridized carbons (Fsp3) is 0.500. The third-order valence-corrected chi connectivity index (χ3v) is 4.10. The molecule has 1 fully saturated rings. The lowest BCUT2D eigenvalue weighted by atomic mass is 10.0. The Morgan fingerprint density at radius 3 is 2.76 bits per heavy atom. The van der Waals surface area contributed by atoms with Crippen LogP contribution in [0.3, 0.4) is 0 Å². The van der Waals surface area contributed by atoms with E-state index in [0.717, 1.165) is 12.8 Å². The Kier molecular flexibility index (Phi) is 4.49. The summed E-state index contributed by atoms with van der Waals surface area (Å²) < 4.78 is 6.16. The molecule has 0 bridgehead atoms. The average molecular weight is 355 g/mol. The van der Waals surface area contributed by atoms with Gasteiger partial charge in [-0.2, -0.15) is 5.26 Å². The van der Waals surface area contributed by atoms with E-state index in [-0.39, 0.29) is 23.5 Å². The fourth-order valence-corrected chi connectivity index (χ4v) is 2.61. The molecule has 1 aliphatic rings. The molecule has 1 aromatic carbocycles. The molecule has 7 heteroatoms. The fourth-order valence-electron chi connectivity index (χ4n) is 2.14. The third kappa shape index (κ3) is 3.52. The Hall–Kier alpha value is -1.65. The summed E-state index contributed by atoms with van der Waals surface area (Å²) in [6, 6.07) is 5.08. The molecule has 0 amide bonds. The van der Waals surface area contributed by atoms with Crippen LogP contribution in [0.4, 0.5) is 5.69 Å². The first kappa shape index (κ1) is 15.7. The first-order valence-corrected chi connectivity index (χ1v) is 7.33. The molecule has 1 aliphatic carbocycles. The van der Waals surface area contributed by atoms with Gasteiger partial charge in [0.1, 0.15) is 0 Å². The lowest BCUT2D eigenvalue weighted by Gasteiger charge is -2.17. The van der Waals surface area contributed by atoms with Crippen LogP contribution in [0.25, 0.3) is 0 Å². The minimum Gasteiger partial charge on any atom is -0.486 e. The van der Waals surface area contributed by atoms with Gasteiger partial charge in [0, 0.05) is 27.9 Å². The Balaban J connectivity index is 2.32. The van der Waals surface area contributed by atoms with Gasteiger partial charge in [-0.1, -0.05) is 15.9 Å². The highest BCUT2D eigenvalue weighted by molar-refractivity contribution is 9.10. The van der Waals surface area contributed by atoms with Crippen molar-refractivity contribution in [3.05, 3.63) is 32.3 Å². The van der Waals surface area contributed by atoms with E-state index in [1.807, 2.05) is 0 Å². The summed E-state index contributed by atoms with van der Waals surface area (Å²) in [5, 5.41) is 29.8. The molecule has 0 aromatic heterocycles. The maximum absolute atomic E-state index is 11.2. The van der Waals surface area contributed by atoms with Crippen molar-refractivity contribution >= 4 is 21.6 Å². The normalized spacial score (nSPS) is 16.9. The van der Waals surface area contributed by atoms with Crippen molar-refractivity contribution in [1.82, 2.24) is 0 Å². The molecule has 112 valence electrons. The second-order valence-electron chi connectivity index (χ2n) is 5.40. The second-order valence-corrected chi connectivity index (χ2v) is 6.32. The molecule has 1 saturated carbocycles. The van der Waals surface area contributed by atoms with Crippen LogP contribution in [0, 0.1) is 26.9 Å². The molecule has 0 spiro atoms. The number of hydrogen-bond acceptors (Lipinski definition) is 5. The average Bonchev–Trinajstić information content (AvgIpc) is 3.16. The SMILES string of the molecule is CC(O)c1cc(Br)cc([N+](=O)[O-])c1OCC1(CC#N)CC1. The summed E-state index contributed by atoms with van der Waals surface area (Å²) in [7, 11) is 0. The summed E-state index contributed by atoms with van der Waals surface area (Å²) in [6.45, 7) is 1.78. The van der Waals surface area contributed by atoms with Gasteiger partial charge in [-0.05, 0) is 25.8 Å². The number of ether oxygens (including phenoxy) is 1. The van der Waals surface area contributed by atoms with Crippen molar-refractivity contribution < 1.29 is 14.8 Å². The maximum atomic E-state index is 11.2. The van der Waals surface area contributed by atoms with Gasteiger partial charge in [-0.25, -0.2) is 0 Å². The van der Waals surface area contributed by atoms with Gasteiger partial charge in [-0.3, -0.25) is 10.1 Å². The summed E-state index contributed by atoms with van der Waals surface area (Å²) >= 11 is 3.20. The molecule has 6 nitrogen and oxygen atoms in total. The van der Waals surface area contributed by atoms with Crippen molar-refractivity contribution in [1.29, 1.82) is 5.26 Å². The highest BCUT2D eigenvalue weighted by Gasteiger charge is 2.44. The molecule has 2 rings (SSSR count). The highest BCUT2D eigenvalue weighted by atomic mass is 79.9. The smallest absolute Gasteiger partial charge is 0.312 e. The van der Waals surface area contributed by atoms with Gasteiger partial charge in [0.2, 0.25) is 5.75 Å². The number of aliphatic hydroxyl groups excluding tert-OH is 1. The van der Waals surface area contributed by atoms with Gasteiger partial charge in [0.15, 0.2) is 0 Å². The van der Waals surface area contributed by atoms with Crippen molar-refractivity contribution in [3.63, 3.8) is 0 Å². The van der Waals surface area contributed by atoms with Crippen LogP contribution in [-0.4, -0.2) is 16.6 Å². The zero-order chi connectivity index (χ0) is 15.6. The van der Waals surface area contributed by atoms with Gasteiger partial charge >= 0.3 is 5.69 Å². The van der Waals surface area contributed by atoms with Crippen LogP contribution < -0.4 is 4.74 Å². The Morgan fingerprint density at radius 2 is 2.29 bits per heavy atom. The molecule has 21 heavy (non-hydrogen) atoms. The Morgan fingerprint density at radius 1 is 1.62 bits per heavy atom. The summed E-state index contributed by atoms with van der Waals surface area (Å²) in [5.74, 6) is 0.0856. The van der Waals surface area contributed by atoms with E-state index >= 15 is 0 Å². The van der Waals surface area contributed by atoms with Crippen LogP contribution in [0.15, 0.2) is 16.6 Å². The standard InChI is InChI=1S/C14H15BrN2O4/c1-9(18)11-6-10(15)7-12(17(19)20)13(11)21-8-14(2-3-14)4-5-16/h6-7,9,18H,2-4,8H2,1H3. The number of nitriles is 1. The van der Waals surface area contributed by atoms with E-state index in [9.17, 15) is 15.2 Å². The summed E-state index contributed by atoms with van der Waals surface area (Å²) in [5.41, 5.74) is -0.0112.